The molecule has 3 aromatic carbocycles. The van der Waals surface area contributed by atoms with E-state index in [1.165, 1.54) is 0 Å². The summed E-state index contributed by atoms with van der Waals surface area (Å²) in [5, 5.41) is 0. The molecule has 0 saturated heterocycles. The van der Waals surface area contributed by atoms with Gasteiger partial charge in [-0.05, 0) is 48.0 Å². The fraction of sp³-hybridized carbons (Fsp3) is 0.0800. The summed E-state index contributed by atoms with van der Waals surface area (Å²) in [7, 11) is 1.59. The molecule has 0 amide bonds. The molecule has 0 spiro atoms. The van der Waals surface area contributed by atoms with Crippen LogP contribution in [0.2, 0.25) is 0 Å². The number of allylic oxidation sites excluding steroid dienone is 1. The zero-order chi connectivity index (χ0) is 20.9. The minimum Gasteiger partial charge on any atom is -0.496 e. The van der Waals surface area contributed by atoms with Crippen molar-refractivity contribution in [1.29, 1.82) is 0 Å². The van der Waals surface area contributed by atoms with Gasteiger partial charge in [-0.1, -0.05) is 52.3 Å². The molecule has 3 aromatic rings. The number of carbonyl (C=O) groups excluding carboxylic acids is 1. The van der Waals surface area contributed by atoms with E-state index in [1.807, 2.05) is 60.7 Å². The van der Waals surface area contributed by atoms with Crippen LogP contribution in [-0.4, -0.2) is 19.5 Å². The number of halogens is 1. The normalized spacial score (nSPS) is 14.1. The van der Waals surface area contributed by atoms with Crippen LogP contribution >= 0.6 is 15.9 Å². The molecule has 0 saturated carbocycles. The van der Waals surface area contributed by atoms with E-state index < -0.39 is 0 Å². The standard InChI is InChI=1S/C25H19BrO4/c1-28-22-12-9-19(26)14-18(22)15-24-25(27)21-11-10-20(16-23(21)30-24)29-13-5-8-17-6-3-2-4-7-17/h2-12,14-16H,13H2,1H3/b8-5+,24-15-. The van der Waals surface area contributed by atoms with Crippen molar-refractivity contribution in [3.05, 3.63) is 99.7 Å². The molecule has 0 N–H and O–H groups in total. The highest BCUT2D eigenvalue weighted by molar-refractivity contribution is 9.10. The Morgan fingerprint density at radius 2 is 1.87 bits per heavy atom. The molecule has 150 valence electrons. The molecule has 0 aromatic heterocycles. The number of hydrogen-bond acceptors (Lipinski definition) is 4. The molecule has 1 aliphatic heterocycles. The molecule has 0 bridgehead atoms. The number of carbonyl (C=O) groups is 1. The minimum atomic E-state index is -0.164. The highest BCUT2D eigenvalue weighted by Crippen LogP contribution is 2.36. The maximum Gasteiger partial charge on any atom is 0.231 e. The lowest BCUT2D eigenvalue weighted by Gasteiger charge is -2.06. The number of benzene rings is 3. The molecule has 0 radical (unpaired) electrons. The molecule has 0 unspecified atom stereocenters. The Labute approximate surface area is 183 Å². The Kier molecular flexibility index (Phi) is 6.00. The Bertz CT molecular complexity index is 1130. The molecule has 0 aliphatic carbocycles. The van der Waals surface area contributed by atoms with Gasteiger partial charge < -0.3 is 14.2 Å². The van der Waals surface area contributed by atoms with Gasteiger partial charge in [0.2, 0.25) is 5.78 Å². The van der Waals surface area contributed by atoms with Crippen LogP contribution in [0.1, 0.15) is 21.5 Å². The fourth-order valence-electron chi connectivity index (χ4n) is 3.11. The van der Waals surface area contributed by atoms with Gasteiger partial charge in [-0.3, -0.25) is 4.79 Å². The highest BCUT2D eigenvalue weighted by atomic mass is 79.9. The van der Waals surface area contributed by atoms with Crippen molar-refractivity contribution >= 4 is 33.9 Å². The first kappa shape index (κ1) is 20.0. The largest absolute Gasteiger partial charge is 0.496 e. The zero-order valence-electron chi connectivity index (χ0n) is 16.3. The Balaban J connectivity index is 1.47. The van der Waals surface area contributed by atoms with Gasteiger partial charge in [-0.2, -0.15) is 0 Å². The predicted octanol–water partition coefficient (Wildman–Crippen LogP) is 6.17. The summed E-state index contributed by atoms with van der Waals surface area (Å²) in [5.74, 6) is 1.88. The second kappa shape index (κ2) is 9.01. The lowest BCUT2D eigenvalue weighted by atomic mass is 10.1. The van der Waals surface area contributed by atoms with Gasteiger partial charge >= 0.3 is 0 Å². The van der Waals surface area contributed by atoms with Crippen LogP contribution in [0, 0.1) is 0 Å². The molecule has 0 atom stereocenters. The predicted molar refractivity (Wildman–Crippen MR) is 121 cm³/mol. The van der Waals surface area contributed by atoms with E-state index in [1.54, 1.807) is 31.4 Å². The SMILES string of the molecule is COc1ccc(Br)cc1/C=C1\Oc2cc(OC/C=C/c3ccccc3)ccc2C1=O. The van der Waals surface area contributed by atoms with Gasteiger partial charge in [0.05, 0.1) is 12.7 Å². The fourth-order valence-corrected chi connectivity index (χ4v) is 3.49. The maximum absolute atomic E-state index is 12.7. The van der Waals surface area contributed by atoms with Gasteiger partial charge in [-0.15, -0.1) is 0 Å². The number of fused-ring (bicyclic) bond motifs is 1. The first-order chi connectivity index (χ1) is 14.6. The average molecular weight is 463 g/mol. The highest BCUT2D eigenvalue weighted by Gasteiger charge is 2.28. The summed E-state index contributed by atoms with van der Waals surface area (Å²) in [6.45, 7) is 0.416. The molecule has 1 heterocycles. The summed E-state index contributed by atoms with van der Waals surface area (Å²) in [6, 6.07) is 20.8. The van der Waals surface area contributed by atoms with Gasteiger partial charge in [0.1, 0.15) is 23.9 Å². The lowest BCUT2D eigenvalue weighted by molar-refractivity contribution is 0.101. The van der Waals surface area contributed by atoms with Crippen LogP contribution in [0.3, 0.4) is 0 Å². The summed E-state index contributed by atoms with van der Waals surface area (Å²) in [6.07, 6.45) is 5.63. The van der Waals surface area contributed by atoms with Crippen LogP contribution in [0.15, 0.2) is 83.0 Å². The smallest absolute Gasteiger partial charge is 0.231 e. The third-order valence-corrected chi connectivity index (χ3v) is 5.07. The summed E-state index contributed by atoms with van der Waals surface area (Å²) in [5.41, 5.74) is 2.38. The van der Waals surface area contributed by atoms with Crippen LogP contribution in [-0.2, 0) is 0 Å². The van der Waals surface area contributed by atoms with Crippen LogP contribution in [0.5, 0.6) is 17.2 Å². The first-order valence-corrected chi connectivity index (χ1v) is 10.2. The third-order valence-electron chi connectivity index (χ3n) is 4.58. The van der Waals surface area contributed by atoms with Crippen molar-refractivity contribution in [3.63, 3.8) is 0 Å². The number of Topliss-reactive ketones (excluding diaryl/α,β-unsaturated/α-hetero) is 1. The average Bonchev–Trinajstić information content (AvgIpc) is 3.07. The van der Waals surface area contributed by atoms with Gasteiger partial charge in [0.15, 0.2) is 5.76 Å². The van der Waals surface area contributed by atoms with Crippen molar-refractivity contribution in [1.82, 2.24) is 0 Å². The summed E-state index contributed by atoms with van der Waals surface area (Å²) >= 11 is 3.44. The molecular formula is C25H19BrO4. The van der Waals surface area contributed by atoms with Crippen molar-refractivity contribution < 1.29 is 19.0 Å². The number of rotatable bonds is 6. The molecule has 4 nitrogen and oxygen atoms in total. The topological polar surface area (TPSA) is 44.8 Å². The molecule has 4 rings (SSSR count). The second-order valence-electron chi connectivity index (χ2n) is 6.61. The summed E-state index contributed by atoms with van der Waals surface area (Å²) < 4.78 is 17.8. The number of hydrogen-bond donors (Lipinski definition) is 0. The maximum atomic E-state index is 12.7. The van der Waals surface area contributed by atoms with Crippen LogP contribution in [0.4, 0.5) is 0 Å². The summed E-state index contributed by atoms with van der Waals surface area (Å²) in [4.78, 5) is 12.7. The minimum absolute atomic E-state index is 0.164. The monoisotopic (exact) mass is 462 g/mol. The van der Waals surface area contributed by atoms with E-state index in [0.29, 0.717) is 29.4 Å². The lowest BCUT2D eigenvalue weighted by Crippen LogP contribution is -1.98. The molecule has 0 fully saturated rings. The molecule has 1 aliphatic rings. The Morgan fingerprint density at radius 3 is 2.67 bits per heavy atom. The van der Waals surface area contributed by atoms with Crippen molar-refractivity contribution in [3.8, 4) is 17.2 Å². The molecular weight excluding hydrogens is 444 g/mol. The van der Waals surface area contributed by atoms with Crippen LogP contribution < -0.4 is 14.2 Å². The van der Waals surface area contributed by atoms with Crippen molar-refractivity contribution in [2.75, 3.05) is 13.7 Å². The Morgan fingerprint density at radius 1 is 1.03 bits per heavy atom. The number of methoxy groups -OCH3 is 1. The molecule has 30 heavy (non-hydrogen) atoms. The van der Waals surface area contributed by atoms with Crippen molar-refractivity contribution in [2.45, 2.75) is 0 Å². The van der Waals surface area contributed by atoms with Crippen molar-refractivity contribution in [2.24, 2.45) is 0 Å². The number of ether oxygens (including phenoxy) is 3. The zero-order valence-corrected chi connectivity index (χ0v) is 17.9. The van der Waals surface area contributed by atoms with Gasteiger partial charge in [-0.25, -0.2) is 0 Å². The first-order valence-electron chi connectivity index (χ1n) is 9.40. The number of ketones is 1. The third kappa shape index (κ3) is 4.47. The Hall–Kier alpha value is -3.31. The van der Waals surface area contributed by atoms with E-state index in [4.69, 9.17) is 14.2 Å². The van der Waals surface area contributed by atoms with E-state index >= 15 is 0 Å². The van der Waals surface area contributed by atoms with E-state index in [0.717, 1.165) is 15.6 Å². The van der Waals surface area contributed by atoms with Gasteiger partial charge in [0.25, 0.3) is 0 Å². The quantitative estimate of drug-likeness (QED) is 0.411. The van der Waals surface area contributed by atoms with Gasteiger partial charge in [0, 0.05) is 16.1 Å². The van der Waals surface area contributed by atoms with E-state index in [2.05, 4.69) is 15.9 Å². The second-order valence-corrected chi connectivity index (χ2v) is 7.52. The molecule has 5 heteroatoms. The van der Waals surface area contributed by atoms with Crippen LogP contribution in [0.25, 0.3) is 12.2 Å². The van der Waals surface area contributed by atoms with E-state index in [9.17, 15) is 4.79 Å². The van der Waals surface area contributed by atoms with E-state index in [-0.39, 0.29) is 11.5 Å².